The Labute approximate surface area is 412 Å². The molecule has 0 aliphatic heterocycles. The lowest BCUT2D eigenvalue weighted by Crippen LogP contribution is -2.45. The number of carbonyl (C=O) groups excluding carboxylic acids is 1. The van der Waals surface area contributed by atoms with E-state index in [0.717, 1.165) is 51.4 Å². The van der Waals surface area contributed by atoms with Crippen LogP contribution >= 0.6 is 0 Å². The Kier molecular flexibility index (Phi) is 55.3. The summed E-state index contributed by atoms with van der Waals surface area (Å²) in [7, 11) is 0. The standard InChI is InChI=1S/C62H113NO3/c1-3-5-7-9-11-13-15-17-18-19-20-21-22-23-24-25-26-27-28-29-30-31-32-33-34-35-36-37-38-39-40-41-42-43-44-46-48-50-52-54-56-58-62(66)63-60(59-64)61(65)57-55-53-51-49-47-45-16-14-12-10-8-6-4-2/h12,14-15,17,19-20,22-23,47,49,55,57,60-61,64-65H,3-11,13,16,18,21,24-46,48,50-54,56,58-59H2,1-2H3,(H,63,66)/b14-12+,17-15-,20-19-,23-22-,49-47+,57-55+. The van der Waals surface area contributed by atoms with E-state index in [1.54, 1.807) is 6.08 Å². The second-order valence-corrected chi connectivity index (χ2v) is 19.7. The molecule has 1 amide bonds. The number of aliphatic hydroxyl groups is 2. The van der Waals surface area contributed by atoms with Gasteiger partial charge in [-0.15, -0.1) is 0 Å². The van der Waals surface area contributed by atoms with Crippen molar-refractivity contribution in [3.05, 3.63) is 72.9 Å². The topological polar surface area (TPSA) is 69.6 Å². The number of unbranched alkanes of at least 4 members (excludes halogenated alkanes) is 36. The third-order valence-electron chi connectivity index (χ3n) is 13.1. The third kappa shape index (κ3) is 52.8. The van der Waals surface area contributed by atoms with E-state index in [1.165, 1.54) is 225 Å². The highest BCUT2D eigenvalue weighted by Gasteiger charge is 2.18. The van der Waals surface area contributed by atoms with Gasteiger partial charge in [-0.3, -0.25) is 4.79 Å². The van der Waals surface area contributed by atoms with Gasteiger partial charge in [0.25, 0.3) is 0 Å². The number of hydrogen-bond acceptors (Lipinski definition) is 3. The maximum Gasteiger partial charge on any atom is 0.220 e. The van der Waals surface area contributed by atoms with Crippen LogP contribution in [0.1, 0.15) is 296 Å². The number of amides is 1. The zero-order valence-corrected chi connectivity index (χ0v) is 44.2. The Morgan fingerprint density at radius 2 is 0.636 bits per heavy atom. The summed E-state index contributed by atoms with van der Waals surface area (Å²) >= 11 is 0. The fraction of sp³-hybridized carbons (Fsp3) is 0.790. The highest BCUT2D eigenvalue weighted by molar-refractivity contribution is 5.76. The molecule has 66 heavy (non-hydrogen) atoms. The van der Waals surface area contributed by atoms with Crippen molar-refractivity contribution >= 4 is 5.91 Å². The van der Waals surface area contributed by atoms with Crippen LogP contribution < -0.4 is 5.32 Å². The minimum absolute atomic E-state index is 0.0762. The lowest BCUT2D eigenvalue weighted by Gasteiger charge is -2.19. The fourth-order valence-corrected chi connectivity index (χ4v) is 8.69. The Morgan fingerprint density at radius 1 is 0.364 bits per heavy atom. The van der Waals surface area contributed by atoms with Gasteiger partial charge in [0.05, 0.1) is 18.8 Å². The van der Waals surface area contributed by atoms with E-state index in [1.807, 2.05) is 6.08 Å². The molecule has 0 bridgehead atoms. The van der Waals surface area contributed by atoms with Gasteiger partial charge in [-0.05, 0) is 83.5 Å². The molecule has 4 nitrogen and oxygen atoms in total. The first kappa shape index (κ1) is 63.8. The van der Waals surface area contributed by atoms with E-state index in [2.05, 4.69) is 79.9 Å². The average Bonchev–Trinajstić information content (AvgIpc) is 3.32. The number of nitrogens with one attached hydrogen (secondary N) is 1. The van der Waals surface area contributed by atoms with Gasteiger partial charge in [0.2, 0.25) is 5.91 Å². The lowest BCUT2D eigenvalue weighted by atomic mass is 10.0. The third-order valence-corrected chi connectivity index (χ3v) is 13.1. The molecule has 0 saturated carbocycles. The van der Waals surface area contributed by atoms with E-state index in [-0.39, 0.29) is 12.5 Å². The molecule has 0 aliphatic carbocycles. The SMILES string of the molecule is CCCCC/C=C/CC/C=C/CC/C=C/C(O)C(CO)NC(=O)CCCCCCCCCCCCCCCCCCCCCCCCCCCC/C=C\C/C=C\C/C=C\CCCCCCC. The number of hydrogen-bond donors (Lipinski definition) is 3. The summed E-state index contributed by atoms with van der Waals surface area (Å²) in [5.41, 5.74) is 0. The predicted octanol–water partition coefficient (Wildman–Crippen LogP) is 19.4. The molecule has 0 spiro atoms. The summed E-state index contributed by atoms with van der Waals surface area (Å²) in [4.78, 5) is 12.4. The van der Waals surface area contributed by atoms with E-state index >= 15 is 0 Å². The number of aliphatic hydroxyl groups excluding tert-OH is 2. The maximum absolute atomic E-state index is 12.4. The second-order valence-electron chi connectivity index (χ2n) is 19.7. The van der Waals surface area contributed by atoms with Crippen molar-refractivity contribution < 1.29 is 15.0 Å². The monoisotopic (exact) mass is 920 g/mol. The van der Waals surface area contributed by atoms with Gasteiger partial charge in [0.1, 0.15) is 0 Å². The van der Waals surface area contributed by atoms with Crippen LogP contribution in [-0.2, 0) is 4.79 Å². The van der Waals surface area contributed by atoms with Crippen molar-refractivity contribution in [2.24, 2.45) is 0 Å². The molecule has 2 atom stereocenters. The van der Waals surface area contributed by atoms with Crippen LogP contribution in [0.2, 0.25) is 0 Å². The van der Waals surface area contributed by atoms with Gasteiger partial charge < -0.3 is 15.5 Å². The molecule has 0 saturated heterocycles. The van der Waals surface area contributed by atoms with E-state index in [4.69, 9.17) is 0 Å². The Bertz CT molecular complexity index is 1130. The van der Waals surface area contributed by atoms with Gasteiger partial charge in [0, 0.05) is 6.42 Å². The first-order valence-corrected chi connectivity index (χ1v) is 29.2. The van der Waals surface area contributed by atoms with Crippen LogP contribution in [0.4, 0.5) is 0 Å². The summed E-state index contributed by atoms with van der Waals surface area (Å²) in [6.07, 6.45) is 82.4. The molecular weight excluding hydrogens is 807 g/mol. The first-order chi connectivity index (χ1) is 32.7. The van der Waals surface area contributed by atoms with Crippen LogP contribution in [0.25, 0.3) is 0 Å². The number of carbonyl (C=O) groups is 1. The summed E-state index contributed by atoms with van der Waals surface area (Å²) in [6, 6.07) is -0.645. The minimum atomic E-state index is -0.870. The highest BCUT2D eigenvalue weighted by Crippen LogP contribution is 2.17. The normalized spacial score (nSPS) is 13.3. The molecule has 0 rings (SSSR count). The smallest absolute Gasteiger partial charge is 0.220 e. The van der Waals surface area contributed by atoms with Gasteiger partial charge in [-0.25, -0.2) is 0 Å². The summed E-state index contributed by atoms with van der Waals surface area (Å²) < 4.78 is 0. The number of allylic oxidation sites excluding steroid dienone is 11. The van der Waals surface area contributed by atoms with Crippen molar-refractivity contribution in [1.29, 1.82) is 0 Å². The highest BCUT2D eigenvalue weighted by atomic mass is 16.3. The maximum atomic E-state index is 12.4. The Balaban J connectivity index is 3.41. The predicted molar refractivity (Wildman–Crippen MR) is 294 cm³/mol. The lowest BCUT2D eigenvalue weighted by molar-refractivity contribution is -0.123. The van der Waals surface area contributed by atoms with Crippen LogP contribution in [-0.4, -0.2) is 34.9 Å². The van der Waals surface area contributed by atoms with Crippen LogP contribution in [0.5, 0.6) is 0 Å². The van der Waals surface area contributed by atoms with Crippen molar-refractivity contribution in [3.8, 4) is 0 Å². The van der Waals surface area contributed by atoms with Crippen LogP contribution in [0.15, 0.2) is 72.9 Å². The number of rotatable bonds is 53. The average molecular weight is 921 g/mol. The molecule has 384 valence electrons. The molecule has 0 fully saturated rings. The quantitative estimate of drug-likeness (QED) is 0.0421. The minimum Gasteiger partial charge on any atom is -0.394 e. The molecular formula is C62H113NO3. The zero-order valence-electron chi connectivity index (χ0n) is 44.2. The van der Waals surface area contributed by atoms with Crippen LogP contribution in [0, 0.1) is 0 Å². The molecule has 0 aromatic heterocycles. The molecule has 0 aliphatic rings. The van der Waals surface area contributed by atoms with Crippen molar-refractivity contribution in [1.82, 2.24) is 5.32 Å². The van der Waals surface area contributed by atoms with E-state index < -0.39 is 12.1 Å². The van der Waals surface area contributed by atoms with Gasteiger partial charge in [-0.2, -0.15) is 0 Å². The van der Waals surface area contributed by atoms with E-state index in [9.17, 15) is 15.0 Å². The largest absolute Gasteiger partial charge is 0.394 e. The molecule has 0 aromatic rings. The van der Waals surface area contributed by atoms with Crippen molar-refractivity contribution in [3.63, 3.8) is 0 Å². The molecule has 3 N–H and O–H groups in total. The molecule has 0 radical (unpaired) electrons. The van der Waals surface area contributed by atoms with Gasteiger partial charge in [-0.1, -0.05) is 279 Å². The van der Waals surface area contributed by atoms with E-state index in [0.29, 0.717) is 6.42 Å². The van der Waals surface area contributed by atoms with Gasteiger partial charge >= 0.3 is 0 Å². The van der Waals surface area contributed by atoms with Crippen LogP contribution in [0.3, 0.4) is 0 Å². The van der Waals surface area contributed by atoms with Crippen molar-refractivity contribution in [2.75, 3.05) is 6.61 Å². The summed E-state index contributed by atoms with van der Waals surface area (Å²) in [6.45, 7) is 4.25. The second kappa shape index (κ2) is 57.1. The van der Waals surface area contributed by atoms with Gasteiger partial charge in [0.15, 0.2) is 0 Å². The Hall–Kier alpha value is -2.17. The molecule has 0 aromatic carbocycles. The first-order valence-electron chi connectivity index (χ1n) is 29.2. The van der Waals surface area contributed by atoms with Crippen molar-refractivity contribution in [2.45, 2.75) is 309 Å². The fourth-order valence-electron chi connectivity index (χ4n) is 8.69. The molecule has 2 unspecified atom stereocenters. The molecule has 4 heteroatoms. The Morgan fingerprint density at radius 3 is 1.02 bits per heavy atom. The zero-order chi connectivity index (χ0) is 47.7. The molecule has 0 heterocycles. The summed E-state index contributed by atoms with van der Waals surface area (Å²) in [5.74, 6) is -0.0762. The summed E-state index contributed by atoms with van der Waals surface area (Å²) in [5, 5.41) is 23.0.